The third-order valence-electron chi connectivity index (χ3n) is 3.88. The van der Waals surface area contributed by atoms with Crippen molar-refractivity contribution in [3.8, 4) is 0 Å². The number of hydrogen-bond acceptors (Lipinski definition) is 5. The molecule has 1 aliphatic rings. The highest BCUT2D eigenvalue weighted by Crippen LogP contribution is 2.24. The Hall–Kier alpha value is -1.79. The van der Waals surface area contributed by atoms with Gasteiger partial charge in [0.15, 0.2) is 0 Å². The zero-order valence-corrected chi connectivity index (χ0v) is 12.5. The molecule has 6 nitrogen and oxygen atoms in total. The van der Waals surface area contributed by atoms with Crippen LogP contribution in [0.5, 0.6) is 0 Å². The van der Waals surface area contributed by atoms with Crippen LogP contribution < -0.4 is 0 Å². The molecule has 0 amide bonds. The predicted molar refractivity (Wildman–Crippen MR) is 78.6 cm³/mol. The zero-order valence-electron chi connectivity index (χ0n) is 12.5. The number of pyridine rings is 1. The Morgan fingerprint density at radius 1 is 1.33 bits per heavy atom. The van der Waals surface area contributed by atoms with Gasteiger partial charge < -0.3 is 5.11 Å². The lowest BCUT2D eigenvalue weighted by Gasteiger charge is -2.23. The van der Waals surface area contributed by atoms with Gasteiger partial charge in [-0.05, 0) is 38.0 Å². The first kappa shape index (κ1) is 14.2. The lowest BCUT2D eigenvalue weighted by molar-refractivity contribution is 0.0273. The molecule has 0 aliphatic carbocycles. The molecule has 3 rings (SSSR count). The van der Waals surface area contributed by atoms with Crippen molar-refractivity contribution in [1.29, 1.82) is 0 Å². The van der Waals surface area contributed by atoms with Crippen LogP contribution in [-0.4, -0.2) is 48.7 Å². The highest BCUT2D eigenvalue weighted by atomic mass is 16.3. The maximum atomic E-state index is 10.7. The summed E-state index contributed by atoms with van der Waals surface area (Å²) in [5.74, 6) is 0. The SMILES string of the molecule is Cc1cc(C)nc(CN2CCC(O)(Cn3ccnn3)C2)c1. The third kappa shape index (κ3) is 3.46. The van der Waals surface area contributed by atoms with Gasteiger partial charge in [0.1, 0.15) is 0 Å². The molecule has 1 atom stereocenters. The Labute approximate surface area is 124 Å². The van der Waals surface area contributed by atoms with E-state index in [0.717, 1.165) is 30.9 Å². The topological polar surface area (TPSA) is 67.1 Å². The third-order valence-corrected chi connectivity index (χ3v) is 3.88. The van der Waals surface area contributed by atoms with E-state index in [-0.39, 0.29) is 0 Å². The predicted octanol–water partition coefficient (Wildman–Crippen LogP) is 0.927. The molecular weight excluding hydrogens is 266 g/mol. The summed E-state index contributed by atoms with van der Waals surface area (Å²) in [4.78, 5) is 6.82. The van der Waals surface area contributed by atoms with Crippen molar-refractivity contribution in [2.45, 2.75) is 39.0 Å². The van der Waals surface area contributed by atoms with Crippen LogP contribution in [-0.2, 0) is 13.1 Å². The van der Waals surface area contributed by atoms with Crippen molar-refractivity contribution in [3.05, 3.63) is 41.5 Å². The van der Waals surface area contributed by atoms with Gasteiger partial charge in [0, 0.05) is 31.5 Å². The van der Waals surface area contributed by atoms with Crippen molar-refractivity contribution in [2.75, 3.05) is 13.1 Å². The van der Waals surface area contributed by atoms with Crippen molar-refractivity contribution in [1.82, 2.24) is 24.9 Å². The lowest BCUT2D eigenvalue weighted by atomic mass is 10.0. The van der Waals surface area contributed by atoms with Gasteiger partial charge >= 0.3 is 0 Å². The fourth-order valence-corrected chi connectivity index (χ4v) is 3.06. The number of likely N-dealkylation sites (tertiary alicyclic amines) is 1. The Kier molecular flexibility index (Phi) is 3.73. The van der Waals surface area contributed by atoms with E-state index >= 15 is 0 Å². The molecule has 1 aliphatic heterocycles. The van der Waals surface area contributed by atoms with Crippen LogP contribution in [0.2, 0.25) is 0 Å². The van der Waals surface area contributed by atoms with Gasteiger partial charge in [-0.1, -0.05) is 5.21 Å². The van der Waals surface area contributed by atoms with Gasteiger partial charge in [0.2, 0.25) is 0 Å². The molecule has 2 aromatic heterocycles. The van der Waals surface area contributed by atoms with Gasteiger partial charge in [0.05, 0.1) is 24.0 Å². The molecule has 0 saturated carbocycles. The minimum Gasteiger partial charge on any atom is -0.387 e. The minimum atomic E-state index is -0.730. The summed E-state index contributed by atoms with van der Waals surface area (Å²) in [6.07, 6.45) is 4.17. The number of nitrogens with zero attached hydrogens (tertiary/aromatic N) is 5. The number of aliphatic hydroxyl groups is 1. The van der Waals surface area contributed by atoms with Crippen molar-refractivity contribution >= 4 is 0 Å². The molecule has 0 aromatic carbocycles. The zero-order chi connectivity index (χ0) is 14.9. The summed E-state index contributed by atoms with van der Waals surface area (Å²) in [5.41, 5.74) is 2.61. The van der Waals surface area contributed by atoms with Crippen LogP contribution in [0.15, 0.2) is 24.5 Å². The van der Waals surface area contributed by atoms with E-state index in [0.29, 0.717) is 13.1 Å². The van der Waals surface area contributed by atoms with Crippen LogP contribution in [0.25, 0.3) is 0 Å². The van der Waals surface area contributed by atoms with Gasteiger partial charge in [-0.15, -0.1) is 5.10 Å². The van der Waals surface area contributed by atoms with Gasteiger partial charge in [-0.25, -0.2) is 4.68 Å². The molecular formula is C15H21N5O. The highest BCUT2D eigenvalue weighted by molar-refractivity contribution is 5.19. The second-order valence-electron chi connectivity index (χ2n) is 6.06. The monoisotopic (exact) mass is 287 g/mol. The number of β-amino-alcohol motifs (C(OH)–C–C–N with tert-alkyl or cyclic N) is 1. The molecule has 3 heterocycles. The van der Waals surface area contributed by atoms with Crippen LogP contribution in [0, 0.1) is 13.8 Å². The second-order valence-corrected chi connectivity index (χ2v) is 6.06. The Balaban J connectivity index is 1.64. The van der Waals surface area contributed by atoms with Crippen LogP contribution in [0.4, 0.5) is 0 Å². The van der Waals surface area contributed by atoms with E-state index < -0.39 is 5.60 Å². The first-order chi connectivity index (χ1) is 10.0. The van der Waals surface area contributed by atoms with E-state index in [4.69, 9.17) is 0 Å². The number of hydrogen-bond donors (Lipinski definition) is 1. The van der Waals surface area contributed by atoms with Crippen molar-refractivity contribution < 1.29 is 5.11 Å². The van der Waals surface area contributed by atoms with Gasteiger partial charge in [-0.3, -0.25) is 9.88 Å². The normalized spacial score (nSPS) is 22.8. The first-order valence-corrected chi connectivity index (χ1v) is 7.25. The molecule has 0 spiro atoms. The molecule has 1 N–H and O–H groups in total. The van der Waals surface area contributed by atoms with Crippen molar-refractivity contribution in [2.24, 2.45) is 0 Å². The average Bonchev–Trinajstić information content (AvgIpc) is 2.99. The smallest absolute Gasteiger partial charge is 0.0981 e. The molecule has 1 unspecified atom stereocenters. The van der Waals surface area contributed by atoms with Gasteiger partial charge in [-0.2, -0.15) is 0 Å². The second kappa shape index (κ2) is 5.54. The maximum Gasteiger partial charge on any atom is 0.0981 e. The molecule has 0 bridgehead atoms. The van der Waals surface area contributed by atoms with E-state index in [1.807, 2.05) is 6.92 Å². The van der Waals surface area contributed by atoms with Crippen LogP contribution >= 0.6 is 0 Å². The summed E-state index contributed by atoms with van der Waals surface area (Å²) in [6, 6.07) is 4.19. The maximum absolute atomic E-state index is 10.7. The fourth-order valence-electron chi connectivity index (χ4n) is 3.06. The minimum absolute atomic E-state index is 0.490. The van der Waals surface area contributed by atoms with E-state index in [2.05, 4.69) is 39.3 Å². The van der Waals surface area contributed by atoms with Gasteiger partial charge in [0.25, 0.3) is 0 Å². The Morgan fingerprint density at radius 3 is 2.90 bits per heavy atom. The molecule has 1 fully saturated rings. The number of rotatable bonds is 4. The number of aromatic nitrogens is 4. The summed E-state index contributed by atoms with van der Waals surface area (Å²) >= 11 is 0. The highest BCUT2D eigenvalue weighted by Gasteiger charge is 2.36. The quantitative estimate of drug-likeness (QED) is 0.906. The summed E-state index contributed by atoms with van der Waals surface area (Å²) in [7, 11) is 0. The molecule has 1 saturated heterocycles. The standard InChI is InChI=1S/C15H21N5O/c1-12-7-13(2)17-14(8-12)9-19-5-3-15(21,10-19)11-20-6-4-16-18-20/h4,6-8,21H,3,5,9-11H2,1-2H3. The summed E-state index contributed by atoms with van der Waals surface area (Å²) in [6.45, 7) is 6.89. The Morgan fingerprint density at radius 2 is 2.19 bits per heavy atom. The molecule has 2 aromatic rings. The van der Waals surface area contributed by atoms with Crippen LogP contribution in [0.3, 0.4) is 0 Å². The van der Waals surface area contributed by atoms with E-state index in [1.165, 1.54) is 5.56 Å². The summed E-state index contributed by atoms with van der Waals surface area (Å²) in [5, 5.41) is 18.4. The molecule has 112 valence electrons. The molecule has 6 heteroatoms. The fraction of sp³-hybridized carbons (Fsp3) is 0.533. The van der Waals surface area contributed by atoms with Crippen LogP contribution in [0.1, 0.15) is 23.4 Å². The summed E-state index contributed by atoms with van der Waals surface area (Å²) < 4.78 is 1.69. The van der Waals surface area contributed by atoms with Crippen molar-refractivity contribution in [3.63, 3.8) is 0 Å². The number of aryl methyl sites for hydroxylation is 2. The largest absolute Gasteiger partial charge is 0.387 e. The Bertz CT molecular complexity index is 592. The lowest BCUT2D eigenvalue weighted by Crippen LogP contribution is -2.37. The average molecular weight is 287 g/mol. The molecule has 21 heavy (non-hydrogen) atoms. The first-order valence-electron chi connectivity index (χ1n) is 7.25. The van der Waals surface area contributed by atoms with E-state index in [9.17, 15) is 5.11 Å². The van der Waals surface area contributed by atoms with E-state index in [1.54, 1.807) is 17.1 Å². The molecule has 0 radical (unpaired) electrons.